The van der Waals surface area contributed by atoms with Crippen LogP contribution in [0.1, 0.15) is 13.8 Å². The summed E-state index contributed by atoms with van der Waals surface area (Å²) >= 11 is 0. The summed E-state index contributed by atoms with van der Waals surface area (Å²) in [6, 6.07) is 10.9. The molecule has 0 aromatic heterocycles. The highest BCUT2D eigenvalue weighted by molar-refractivity contribution is 7.89. The smallest absolute Gasteiger partial charge is 0.246 e. The molecule has 0 aliphatic rings. The Kier molecular flexibility index (Phi) is 7.46. The van der Waals surface area contributed by atoms with Crippen molar-refractivity contribution < 1.29 is 22.7 Å². The second-order valence-electron chi connectivity index (χ2n) is 6.47. The topological polar surface area (TPSA) is 97.0 Å². The molecule has 0 spiro atoms. The fourth-order valence-electron chi connectivity index (χ4n) is 2.54. The number of ether oxygens (including phenoxy) is 2. The Hall–Kier alpha value is -2.78. The fourth-order valence-corrected chi connectivity index (χ4v) is 3.49. The van der Waals surface area contributed by atoms with Crippen LogP contribution in [0.2, 0.25) is 0 Å². The van der Waals surface area contributed by atoms with Crippen LogP contribution in [0, 0.1) is 0 Å². The first-order chi connectivity index (χ1) is 13.7. The molecule has 1 atom stereocenters. The number of methoxy groups -OCH3 is 1. The number of sulfonamides is 1. The molecule has 0 aliphatic carbocycles. The van der Waals surface area contributed by atoms with E-state index >= 15 is 0 Å². The summed E-state index contributed by atoms with van der Waals surface area (Å²) in [5, 5.41) is 5.83. The summed E-state index contributed by atoms with van der Waals surface area (Å²) in [5.74, 6) is 0.875. The monoisotopic (exact) mass is 421 g/mol. The molecule has 2 rings (SSSR count). The molecule has 2 N–H and O–H groups in total. The number of hydrogen-bond acceptors (Lipinski definition) is 6. The molecule has 0 radical (unpaired) electrons. The van der Waals surface area contributed by atoms with Crippen LogP contribution in [0.3, 0.4) is 0 Å². The number of benzene rings is 2. The van der Waals surface area contributed by atoms with Gasteiger partial charge >= 0.3 is 0 Å². The number of amides is 1. The van der Waals surface area contributed by atoms with Gasteiger partial charge in [0.05, 0.1) is 18.6 Å². The molecule has 2 aromatic rings. The molecule has 2 aromatic carbocycles. The first-order valence-corrected chi connectivity index (χ1v) is 10.5. The summed E-state index contributed by atoms with van der Waals surface area (Å²) in [4.78, 5) is 12.7. The van der Waals surface area contributed by atoms with Gasteiger partial charge in [-0.15, -0.1) is 0 Å². The summed E-state index contributed by atoms with van der Waals surface area (Å²) < 4.78 is 36.4. The number of anilines is 2. The van der Waals surface area contributed by atoms with E-state index in [1.807, 2.05) is 6.92 Å². The number of hydrogen-bond donors (Lipinski definition) is 2. The molecule has 0 fully saturated rings. The van der Waals surface area contributed by atoms with Crippen molar-refractivity contribution in [2.24, 2.45) is 0 Å². The zero-order valence-electron chi connectivity index (χ0n) is 17.2. The van der Waals surface area contributed by atoms with Gasteiger partial charge in [0.15, 0.2) is 11.5 Å². The zero-order chi connectivity index (χ0) is 21.6. The number of carbonyl (C=O) groups is 1. The largest absolute Gasteiger partial charge is 0.493 e. The third-order valence-corrected chi connectivity index (χ3v) is 5.93. The van der Waals surface area contributed by atoms with Crippen LogP contribution >= 0.6 is 0 Å². The van der Waals surface area contributed by atoms with Gasteiger partial charge in [-0.1, -0.05) is 6.07 Å². The minimum atomic E-state index is -3.58. The Bertz CT molecular complexity index is 960. The number of nitrogens with zero attached hydrogens (tertiary/aromatic N) is 1. The van der Waals surface area contributed by atoms with E-state index in [1.165, 1.54) is 26.2 Å². The van der Waals surface area contributed by atoms with Crippen LogP contribution in [0.15, 0.2) is 47.4 Å². The van der Waals surface area contributed by atoms with E-state index in [9.17, 15) is 13.2 Å². The maximum atomic E-state index is 12.5. The van der Waals surface area contributed by atoms with E-state index in [0.29, 0.717) is 29.5 Å². The van der Waals surface area contributed by atoms with Crippen LogP contribution in [-0.4, -0.2) is 52.5 Å². The standard InChI is InChI=1S/C20H27N3O5S/c1-6-28-18-11-10-16(13-19(18)27-5)21-14(2)20(24)22-15-8-7-9-17(12-15)29(25,26)23(3)4/h7-14,21H,6H2,1-5H3,(H,22,24)/t14-/m1/s1. The molecule has 9 heteroatoms. The lowest BCUT2D eigenvalue weighted by molar-refractivity contribution is -0.116. The average molecular weight is 422 g/mol. The SMILES string of the molecule is CCOc1ccc(N[C@H](C)C(=O)Nc2cccc(S(=O)(=O)N(C)C)c2)cc1OC. The summed E-state index contributed by atoms with van der Waals surface area (Å²) in [6.07, 6.45) is 0. The van der Waals surface area contributed by atoms with Crippen molar-refractivity contribution in [1.82, 2.24) is 4.31 Å². The molecular weight excluding hydrogens is 394 g/mol. The summed E-state index contributed by atoms with van der Waals surface area (Å²) in [7, 11) is 0.880. The van der Waals surface area contributed by atoms with Crippen molar-refractivity contribution >= 4 is 27.3 Å². The predicted octanol–water partition coefficient (Wildman–Crippen LogP) is 2.78. The van der Waals surface area contributed by atoms with E-state index in [-0.39, 0.29) is 10.8 Å². The first-order valence-electron chi connectivity index (χ1n) is 9.09. The zero-order valence-corrected chi connectivity index (χ0v) is 18.0. The van der Waals surface area contributed by atoms with E-state index in [1.54, 1.807) is 44.4 Å². The second kappa shape index (κ2) is 9.62. The van der Waals surface area contributed by atoms with Gasteiger partial charge in [0.1, 0.15) is 6.04 Å². The quantitative estimate of drug-likeness (QED) is 0.646. The lowest BCUT2D eigenvalue weighted by Gasteiger charge is -2.17. The van der Waals surface area contributed by atoms with E-state index in [2.05, 4.69) is 10.6 Å². The van der Waals surface area contributed by atoms with Gasteiger partial charge in [0, 0.05) is 31.5 Å². The van der Waals surface area contributed by atoms with Crippen LogP contribution in [0.4, 0.5) is 11.4 Å². The molecule has 0 saturated carbocycles. The third-order valence-electron chi connectivity index (χ3n) is 4.12. The third kappa shape index (κ3) is 5.61. The molecule has 29 heavy (non-hydrogen) atoms. The van der Waals surface area contributed by atoms with Crippen LogP contribution in [-0.2, 0) is 14.8 Å². The van der Waals surface area contributed by atoms with Gasteiger partial charge in [0.25, 0.3) is 0 Å². The van der Waals surface area contributed by atoms with Gasteiger partial charge in [-0.3, -0.25) is 4.79 Å². The summed E-state index contributed by atoms with van der Waals surface area (Å²) in [6.45, 7) is 4.11. The normalized spacial score (nSPS) is 12.3. The van der Waals surface area contributed by atoms with Gasteiger partial charge in [0.2, 0.25) is 15.9 Å². The Morgan fingerprint density at radius 1 is 1.10 bits per heavy atom. The van der Waals surface area contributed by atoms with Crippen molar-refractivity contribution in [2.75, 3.05) is 38.4 Å². The minimum Gasteiger partial charge on any atom is -0.493 e. The van der Waals surface area contributed by atoms with Gasteiger partial charge in [-0.05, 0) is 44.2 Å². The van der Waals surface area contributed by atoms with E-state index < -0.39 is 16.1 Å². The molecule has 0 unspecified atom stereocenters. The van der Waals surface area contributed by atoms with Crippen molar-refractivity contribution in [3.05, 3.63) is 42.5 Å². The number of rotatable bonds is 9. The van der Waals surface area contributed by atoms with Gasteiger partial charge < -0.3 is 20.1 Å². The second-order valence-corrected chi connectivity index (χ2v) is 8.62. The van der Waals surface area contributed by atoms with Gasteiger partial charge in [-0.2, -0.15) is 0 Å². The molecule has 0 heterocycles. The molecule has 1 amide bonds. The lowest BCUT2D eigenvalue weighted by atomic mass is 10.2. The number of carbonyl (C=O) groups excluding carboxylic acids is 1. The lowest BCUT2D eigenvalue weighted by Crippen LogP contribution is -2.32. The minimum absolute atomic E-state index is 0.108. The van der Waals surface area contributed by atoms with Crippen LogP contribution < -0.4 is 20.1 Å². The summed E-state index contributed by atoms with van der Waals surface area (Å²) in [5.41, 5.74) is 1.09. The average Bonchev–Trinajstić information content (AvgIpc) is 2.69. The highest BCUT2D eigenvalue weighted by Gasteiger charge is 2.19. The maximum absolute atomic E-state index is 12.5. The van der Waals surface area contributed by atoms with E-state index in [4.69, 9.17) is 9.47 Å². The van der Waals surface area contributed by atoms with Crippen molar-refractivity contribution in [1.29, 1.82) is 0 Å². The molecule has 0 aliphatic heterocycles. The molecular formula is C20H27N3O5S. The van der Waals surface area contributed by atoms with Crippen LogP contribution in [0.5, 0.6) is 11.5 Å². The first kappa shape index (κ1) is 22.5. The highest BCUT2D eigenvalue weighted by atomic mass is 32.2. The molecule has 0 saturated heterocycles. The van der Waals surface area contributed by atoms with Gasteiger partial charge in [-0.25, -0.2) is 12.7 Å². The van der Waals surface area contributed by atoms with Crippen molar-refractivity contribution in [3.8, 4) is 11.5 Å². The Morgan fingerprint density at radius 2 is 1.83 bits per heavy atom. The van der Waals surface area contributed by atoms with Crippen molar-refractivity contribution in [2.45, 2.75) is 24.8 Å². The number of nitrogens with one attached hydrogen (secondary N) is 2. The Balaban J connectivity index is 2.10. The maximum Gasteiger partial charge on any atom is 0.246 e. The van der Waals surface area contributed by atoms with Crippen molar-refractivity contribution in [3.63, 3.8) is 0 Å². The predicted molar refractivity (Wildman–Crippen MR) is 113 cm³/mol. The molecule has 8 nitrogen and oxygen atoms in total. The van der Waals surface area contributed by atoms with Crippen LogP contribution in [0.25, 0.3) is 0 Å². The van der Waals surface area contributed by atoms with E-state index in [0.717, 1.165) is 4.31 Å². The molecule has 158 valence electrons. The fraction of sp³-hybridized carbons (Fsp3) is 0.350. The highest BCUT2D eigenvalue weighted by Crippen LogP contribution is 2.30. The Morgan fingerprint density at radius 3 is 2.45 bits per heavy atom. The molecule has 0 bridgehead atoms. The Labute approximate surface area is 171 Å².